The monoisotopic (exact) mass is 348 g/mol. The van der Waals surface area contributed by atoms with Crippen molar-refractivity contribution in [1.29, 1.82) is 0 Å². The predicted octanol–water partition coefficient (Wildman–Crippen LogP) is 2.76. The Balaban J connectivity index is 2.00. The second-order valence-electron chi connectivity index (χ2n) is 4.87. The van der Waals surface area contributed by atoms with Gasteiger partial charge in [-0.05, 0) is 29.8 Å². The zero-order chi connectivity index (χ0) is 17.5. The quantitative estimate of drug-likeness (QED) is 0.621. The fraction of sp³-hybridized carbons (Fsp3) is 0.176. The van der Waals surface area contributed by atoms with Crippen molar-refractivity contribution in [3.05, 3.63) is 52.5 Å². The second-order valence-corrected chi connectivity index (χ2v) is 5.31. The second kappa shape index (κ2) is 8.21. The van der Waals surface area contributed by atoms with E-state index in [2.05, 4.69) is 10.5 Å². The molecular formula is C17H17ClN2O4. The Labute approximate surface area is 144 Å². The number of ether oxygens (including phenoxy) is 2. The summed E-state index contributed by atoms with van der Waals surface area (Å²) in [7, 11) is 2.87. The summed E-state index contributed by atoms with van der Waals surface area (Å²) in [4.78, 5) is 11.8. The summed E-state index contributed by atoms with van der Waals surface area (Å²) >= 11 is 5.80. The van der Waals surface area contributed by atoms with E-state index in [1.54, 1.807) is 36.4 Å². The molecule has 2 N–H and O–H groups in total. The van der Waals surface area contributed by atoms with E-state index in [1.807, 2.05) is 0 Å². The molecule has 126 valence electrons. The molecule has 0 bridgehead atoms. The number of amides is 1. The largest absolute Gasteiger partial charge is 0.502 e. The summed E-state index contributed by atoms with van der Waals surface area (Å²) in [6, 6.07) is 10.2. The molecule has 0 aromatic heterocycles. The first-order valence-electron chi connectivity index (χ1n) is 7.05. The van der Waals surface area contributed by atoms with E-state index < -0.39 is 0 Å². The van der Waals surface area contributed by atoms with Gasteiger partial charge in [0.05, 0.1) is 26.9 Å². The molecule has 0 aliphatic heterocycles. The number of phenols is 1. The van der Waals surface area contributed by atoms with Crippen molar-refractivity contribution in [2.24, 2.45) is 5.10 Å². The Hall–Kier alpha value is -2.73. The lowest BCUT2D eigenvalue weighted by molar-refractivity contribution is -0.120. The number of hydrogen-bond acceptors (Lipinski definition) is 5. The molecule has 0 saturated carbocycles. The van der Waals surface area contributed by atoms with E-state index in [-0.39, 0.29) is 29.6 Å². The Kier molecular flexibility index (Phi) is 6.03. The van der Waals surface area contributed by atoms with Crippen molar-refractivity contribution in [2.75, 3.05) is 14.2 Å². The molecule has 2 aromatic rings. The number of aromatic hydroxyl groups is 1. The van der Waals surface area contributed by atoms with Gasteiger partial charge in [0.1, 0.15) is 0 Å². The summed E-state index contributed by atoms with van der Waals surface area (Å²) in [5.74, 6) is 0.154. The molecule has 0 heterocycles. The Morgan fingerprint density at radius 2 is 1.79 bits per heavy atom. The topological polar surface area (TPSA) is 80.2 Å². The highest BCUT2D eigenvalue weighted by Gasteiger charge is 2.10. The molecule has 6 nitrogen and oxygen atoms in total. The van der Waals surface area contributed by atoms with Gasteiger partial charge in [0.25, 0.3) is 0 Å². The number of rotatable bonds is 6. The van der Waals surface area contributed by atoms with Crippen molar-refractivity contribution >= 4 is 23.7 Å². The SMILES string of the molecule is COc1cc(/C=N\NC(=O)Cc2ccc(Cl)cc2)cc(OC)c1O. The highest BCUT2D eigenvalue weighted by atomic mass is 35.5. The van der Waals surface area contributed by atoms with Crippen LogP contribution in [0.1, 0.15) is 11.1 Å². The van der Waals surface area contributed by atoms with Gasteiger partial charge in [0.15, 0.2) is 11.5 Å². The van der Waals surface area contributed by atoms with Gasteiger partial charge in [-0.2, -0.15) is 5.10 Å². The Bertz CT molecular complexity index is 720. The third-order valence-corrected chi connectivity index (χ3v) is 3.43. The zero-order valence-electron chi connectivity index (χ0n) is 13.2. The van der Waals surface area contributed by atoms with Gasteiger partial charge in [-0.3, -0.25) is 4.79 Å². The first kappa shape index (κ1) is 17.6. The van der Waals surface area contributed by atoms with Crippen LogP contribution >= 0.6 is 11.6 Å². The lowest BCUT2D eigenvalue weighted by Gasteiger charge is -2.09. The summed E-state index contributed by atoms with van der Waals surface area (Å²) in [6.07, 6.45) is 1.63. The van der Waals surface area contributed by atoms with Gasteiger partial charge in [0, 0.05) is 10.6 Å². The lowest BCUT2D eigenvalue weighted by atomic mass is 10.1. The molecule has 0 aliphatic rings. The highest BCUT2D eigenvalue weighted by molar-refractivity contribution is 6.30. The number of methoxy groups -OCH3 is 2. The van der Waals surface area contributed by atoms with Gasteiger partial charge in [-0.25, -0.2) is 5.43 Å². The lowest BCUT2D eigenvalue weighted by Crippen LogP contribution is -2.19. The number of nitrogens with one attached hydrogen (secondary N) is 1. The highest BCUT2D eigenvalue weighted by Crippen LogP contribution is 2.36. The minimum Gasteiger partial charge on any atom is -0.502 e. The van der Waals surface area contributed by atoms with Crippen LogP contribution in [0.4, 0.5) is 0 Å². The van der Waals surface area contributed by atoms with Crippen LogP contribution in [0.5, 0.6) is 17.2 Å². The minimum absolute atomic E-state index is 0.0936. The molecule has 1 amide bonds. The van der Waals surface area contributed by atoms with Gasteiger partial charge in [-0.15, -0.1) is 0 Å². The van der Waals surface area contributed by atoms with Crippen molar-refractivity contribution < 1.29 is 19.4 Å². The van der Waals surface area contributed by atoms with E-state index in [4.69, 9.17) is 21.1 Å². The fourth-order valence-corrected chi connectivity index (χ4v) is 2.12. The number of phenolic OH excluding ortho intramolecular Hbond substituents is 1. The molecule has 0 aliphatic carbocycles. The number of hydrazone groups is 1. The van der Waals surface area contributed by atoms with E-state index >= 15 is 0 Å². The van der Waals surface area contributed by atoms with Crippen molar-refractivity contribution in [3.63, 3.8) is 0 Å². The van der Waals surface area contributed by atoms with Crippen LogP contribution in [0.2, 0.25) is 5.02 Å². The molecule has 7 heteroatoms. The maximum absolute atomic E-state index is 11.8. The van der Waals surface area contributed by atoms with Crippen molar-refractivity contribution in [1.82, 2.24) is 5.43 Å². The molecule has 0 unspecified atom stereocenters. The molecular weight excluding hydrogens is 332 g/mol. The normalized spacial score (nSPS) is 10.6. The zero-order valence-corrected chi connectivity index (χ0v) is 14.0. The molecule has 2 rings (SSSR count). The van der Waals surface area contributed by atoms with E-state index in [0.29, 0.717) is 10.6 Å². The molecule has 0 saturated heterocycles. The van der Waals surface area contributed by atoms with E-state index in [0.717, 1.165) is 5.56 Å². The average Bonchev–Trinajstić information content (AvgIpc) is 2.58. The molecule has 0 spiro atoms. The van der Waals surface area contributed by atoms with Gasteiger partial charge in [-0.1, -0.05) is 23.7 Å². The summed E-state index contributed by atoms with van der Waals surface area (Å²) in [5.41, 5.74) is 3.88. The van der Waals surface area contributed by atoms with Crippen LogP contribution in [0.15, 0.2) is 41.5 Å². The van der Waals surface area contributed by atoms with E-state index in [9.17, 15) is 9.90 Å². The smallest absolute Gasteiger partial charge is 0.244 e. The van der Waals surface area contributed by atoms with Crippen LogP contribution in [0.3, 0.4) is 0 Å². The number of carbonyl (C=O) groups is 1. The fourth-order valence-electron chi connectivity index (χ4n) is 1.99. The number of hydrogen-bond donors (Lipinski definition) is 2. The Morgan fingerprint density at radius 3 is 2.33 bits per heavy atom. The molecule has 0 fully saturated rings. The van der Waals surface area contributed by atoms with Crippen LogP contribution in [0, 0.1) is 0 Å². The third-order valence-electron chi connectivity index (χ3n) is 3.18. The van der Waals surface area contributed by atoms with Crippen molar-refractivity contribution in [3.8, 4) is 17.2 Å². The van der Waals surface area contributed by atoms with Crippen LogP contribution in [0.25, 0.3) is 0 Å². The van der Waals surface area contributed by atoms with Crippen LogP contribution < -0.4 is 14.9 Å². The van der Waals surface area contributed by atoms with Gasteiger partial charge >= 0.3 is 0 Å². The first-order valence-corrected chi connectivity index (χ1v) is 7.42. The van der Waals surface area contributed by atoms with Gasteiger partial charge in [0.2, 0.25) is 11.7 Å². The minimum atomic E-state index is -0.258. The number of halogens is 1. The maximum atomic E-state index is 11.8. The number of benzene rings is 2. The summed E-state index contributed by atoms with van der Waals surface area (Å²) in [5, 5.41) is 14.3. The standard InChI is InChI=1S/C17H17ClN2O4/c1-23-14-7-12(8-15(24-2)17(14)22)10-19-20-16(21)9-11-3-5-13(18)6-4-11/h3-8,10,22H,9H2,1-2H3,(H,20,21)/b19-10-. The molecule has 24 heavy (non-hydrogen) atoms. The molecule has 0 radical (unpaired) electrons. The number of nitrogens with zero attached hydrogens (tertiary/aromatic N) is 1. The summed E-state index contributed by atoms with van der Waals surface area (Å²) in [6.45, 7) is 0. The van der Waals surface area contributed by atoms with Crippen LogP contribution in [-0.4, -0.2) is 31.4 Å². The first-order chi connectivity index (χ1) is 11.5. The Morgan fingerprint density at radius 1 is 1.21 bits per heavy atom. The van der Waals surface area contributed by atoms with Gasteiger partial charge < -0.3 is 14.6 Å². The maximum Gasteiger partial charge on any atom is 0.244 e. The van der Waals surface area contributed by atoms with Crippen LogP contribution in [-0.2, 0) is 11.2 Å². The summed E-state index contributed by atoms with van der Waals surface area (Å²) < 4.78 is 10.1. The van der Waals surface area contributed by atoms with Crippen molar-refractivity contribution in [2.45, 2.75) is 6.42 Å². The van der Waals surface area contributed by atoms with E-state index in [1.165, 1.54) is 20.4 Å². The molecule has 0 atom stereocenters. The molecule has 2 aromatic carbocycles. The predicted molar refractivity (Wildman–Crippen MR) is 92.1 cm³/mol. The third kappa shape index (κ3) is 4.63. The number of carbonyl (C=O) groups excluding carboxylic acids is 1. The average molecular weight is 349 g/mol.